The van der Waals surface area contributed by atoms with E-state index in [9.17, 15) is 0 Å². The molecule has 4 nitrogen and oxygen atoms in total. The van der Waals surface area contributed by atoms with Crippen molar-refractivity contribution in [1.29, 1.82) is 0 Å². The van der Waals surface area contributed by atoms with Crippen molar-refractivity contribution in [3.8, 4) is 5.69 Å². The minimum absolute atomic E-state index is 0.238. The summed E-state index contributed by atoms with van der Waals surface area (Å²) < 4.78 is 2.74. The molecule has 2 N–H and O–H groups in total. The lowest BCUT2D eigenvalue weighted by molar-refractivity contribution is 0.855. The Hall–Kier alpha value is -1.98. The molecule has 1 atom stereocenters. The predicted molar refractivity (Wildman–Crippen MR) is 81.5 cm³/mol. The highest BCUT2D eigenvalue weighted by molar-refractivity contribution is 9.10. The predicted octanol–water partition coefficient (Wildman–Crippen LogP) is 3.08. The fourth-order valence-corrected chi connectivity index (χ4v) is 2.39. The third-order valence-electron chi connectivity index (χ3n) is 3.07. The van der Waals surface area contributed by atoms with Gasteiger partial charge in [-0.25, -0.2) is 4.68 Å². The first-order chi connectivity index (χ1) is 9.74. The molecule has 0 saturated heterocycles. The Kier molecular flexibility index (Phi) is 3.62. The Morgan fingerprint density at radius 3 is 2.60 bits per heavy atom. The van der Waals surface area contributed by atoms with Gasteiger partial charge in [0, 0.05) is 28.6 Å². The Bertz CT molecular complexity index is 709. The van der Waals surface area contributed by atoms with E-state index in [-0.39, 0.29) is 6.04 Å². The van der Waals surface area contributed by atoms with E-state index in [0.29, 0.717) is 0 Å². The number of rotatable bonds is 3. The summed E-state index contributed by atoms with van der Waals surface area (Å²) in [5, 5.41) is 4.36. The fourth-order valence-electron chi connectivity index (χ4n) is 2.01. The molecule has 0 saturated carbocycles. The number of aromatic nitrogens is 3. The maximum atomic E-state index is 6.26. The zero-order chi connectivity index (χ0) is 13.9. The second-order valence-corrected chi connectivity index (χ2v) is 5.38. The lowest BCUT2D eigenvalue weighted by Gasteiger charge is -2.09. The summed E-state index contributed by atoms with van der Waals surface area (Å²) in [6, 6.07) is 11.7. The van der Waals surface area contributed by atoms with Gasteiger partial charge in [-0.3, -0.25) is 4.98 Å². The molecule has 3 aromatic rings. The van der Waals surface area contributed by atoms with Gasteiger partial charge in [0.2, 0.25) is 0 Å². The topological polar surface area (TPSA) is 56.7 Å². The van der Waals surface area contributed by atoms with Crippen LogP contribution in [0.25, 0.3) is 5.69 Å². The lowest BCUT2D eigenvalue weighted by Crippen LogP contribution is -2.11. The molecular weight excluding hydrogens is 316 g/mol. The summed E-state index contributed by atoms with van der Waals surface area (Å²) in [5.74, 6) is 0. The second kappa shape index (κ2) is 5.56. The molecule has 1 unspecified atom stereocenters. The number of hydrogen-bond acceptors (Lipinski definition) is 3. The van der Waals surface area contributed by atoms with Crippen molar-refractivity contribution in [3.63, 3.8) is 0 Å². The molecule has 0 aliphatic heterocycles. The van der Waals surface area contributed by atoms with Gasteiger partial charge in [-0.1, -0.05) is 18.2 Å². The van der Waals surface area contributed by atoms with Crippen LogP contribution < -0.4 is 5.73 Å². The number of halogens is 1. The minimum atomic E-state index is -0.238. The normalized spacial score (nSPS) is 12.3. The smallest absolute Gasteiger partial charge is 0.0645 e. The molecule has 0 amide bonds. The van der Waals surface area contributed by atoms with Gasteiger partial charge in [0.05, 0.1) is 17.9 Å². The standard InChI is InChI=1S/C15H13BrN4/c16-13-6-11(7-18-9-13)15(17)12-8-19-20(10-12)14-4-2-1-3-5-14/h1-10,15H,17H2. The number of nitrogens with two attached hydrogens (primary N) is 1. The lowest BCUT2D eigenvalue weighted by atomic mass is 10.1. The van der Waals surface area contributed by atoms with Gasteiger partial charge >= 0.3 is 0 Å². The van der Waals surface area contributed by atoms with Crippen LogP contribution in [0.15, 0.2) is 65.7 Å². The number of nitrogens with zero attached hydrogens (tertiary/aromatic N) is 3. The average molecular weight is 329 g/mol. The van der Waals surface area contributed by atoms with E-state index >= 15 is 0 Å². The van der Waals surface area contributed by atoms with E-state index in [1.165, 1.54) is 0 Å². The summed E-state index contributed by atoms with van der Waals surface area (Å²) in [4.78, 5) is 4.14. The van der Waals surface area contributed by atoms with Gasteiger partial charge in [-0.05, 0) is 39.7 Å². The maximum Gasteiger partial charge on any atom is 0.0645 e. The van der Waals surface area contributed by atoms with Gasteiger partial charge in [-0.2, -0.15) is 5.10 Å². The van der Waals surface area contributed by atoms with Crippen LogP contribution in [0.2, 0.25) is 0 Å². The molecule has 5 heteroatoms. The Morgan fingerprint density at radius 2 is 1.85 bits per heavy atom. The highest BCUT2D eigenvalue weighted by atomic mass is 79.9. The van der Waals surface area contributed by atoms with E-state index in [4.69, 9.17) is 5.73 Å². The monoisotopic (exact) mass is 328 g/mol. The van der Waals surface area contributed by atoms with Crippen LogP contribution >= 0.6 is 15.9 Å². The molecule has 20 heavy (non-hydrogen) atoms. The highest BCUT2D eigenvalue weighted by Crippen LogP contribution is 2.21. The summed E-state index contributed by atoms with van der Waals surface area (Å²) in [6.07, 6.45) is 7.25. The molecule has 0 bridgehead atoms. The van der Waals surface area contributed by atoms with E-state index in [0.717, 1.165) is 21.3 Å². The average Bonchev–Trinajstić information content (AvgIpc) is 2.97. The summed E-state index contributed by atoms with van der Waals surface area (Å²) in [5.41, 5.74) is 9.18. The van der Waals surface area contributed by atoms with Gasteiger partial charge in [-0.15, -0.1) is 0 Å². The maximum absolute atomic E-state index is 6.26. The van der Waals surface area contributed by atoms with Crippen molar-refractivity contribution in [1.82, 2.24) is 14.8 Å². The molecule has 100 valence electrons. The van der Waals surface area contributed by atoms with Gasteiger partial charge < -0.3 is 5.73 Å². The van der Waals surface area contributed by atoms with Crippen LogP contribution in [0.4, 0.5) is 0 Å². The van der Waals surface area contributed by atoms with Crippen molar-refractivity contribution >= 4 is 15.9 Å². The molecule has 0 spiro atoms. The van der Waals surface area contributed by atoms with E-state index in [2.05, 4.69) is 26.0 Å². The molecular formula is C15H13BrN4. The number of pyridine rings is 1. The Labute approximate surface area is 125 Å². The van der Waals surface area contributed by atoms with Crippen LogP contribution in [-0.2, 0) is 0 Å². The van der Waals surface area contributed by atoms with Crippen LogP contribution in [0, 0.1) is 0 Å². The SMILES string of the molecule is NC(c1cncc(Br)c1)c1cnn(-c2ccccc2)c1. The van der Waals surface area contributed by atoms with E-state index in [1.54, 1.807) is 18.6 Å². The fraction of sp³-hybridized carbons (Fsp3) is 0.0667. The van der Waals surface area contributed by atoms with Crippen molar-refractivity contribution in [2.45, 2.75) is 6.04 Å². The molecule has 0 fully saturated rings. The van der Waals surface area contributed by atoms with Crippen LogP contribution in [-0.4, -0.2) is 14.8 Å². The van der Waals surface area contributed by atoms with Crippen molar-refractivity contribution < 1.29 is 0 Å². The van der Waals surface area contributed by atoms with Gasteiger partial charge in [0.15, 0.2) is 0 Å². The molecule has 0 aliphatic carbocycles. The number of benzene rings is 1. The molecule has 0 aliphatic rings. The van der Waals surface area contributed by atoms with Crippen LogP contribution in [0.1, 0.15) is 17.2 Å². The van der Waals surface area contributed by atoms with Crippen molar-refractivity contribution in [3.05, 3.63) is 76.8 Å². The summed E-state index contributed by atoms with van der Waals surface area (Å²) >= 11 is 3.41. The molecule has 3 rings (SSSR count). The molecule has 2 heterocycles. The number of para-hydroxylation sites is 1. The van der Waals surface area contributed by atoms with Crippen LogP contribution in [0.5, 0.6) is 0 Å². The van der Waals surface area contributed by atoms with Crippen molar-refractivity contribution in [2.75, 3.05) is 0 Å². The quantitative estimate of drug-likeness (QED) is 0.803. The Morgan fingerprint density at radius 1 is 1.05 bits per heavy atom. The van der Waals surface area contributed by atoms with E-state index in [1.807, 2.05) is 47.3 Å². The highest BCUT2D eigenvalue weighted by Gasteiger charge is 2.12. The second-order valence-electron chi connectivity index (χ2n) is 4.47. The first kappa shape index (κ1) is 13.0. The number of hydrogen-bond donors (Lipinski definition) is 1. The van der Waals surface area contributed by atoms with E-state index < -0.39 is 0 Å². The largest absolute Gasteiger partial charge is 0.320 e. The molecule has 2 aromatic heterocycles. The van der Waals surface area contributed by atoms with Gasteiger partial charge in [0.1, 0.15) is 0 Å². The molecule has 1 aromatic carbocycles. The minimum Gasteiger partial charge on any atom is -0.320 e. The third-order valence-corrected chi connectivity index (χ3v) is 3.50. The third kappa shape index (κ3) is 2.64. The Balaban J connectivity index is 1.90. The zero-order valence-electron chi connectivity index (χ0n) is 10.6. The van der Waals surface area contributed by atoms with Gasteiger partial charge in [0.25, 0.3) is 0 Å². The summed E-state index contributed by atoms with van der Waals surface area (Å²) in [6.45, 7) is 0. The van der Waals surface area contributed by atoms with Crippen LogP contribution in [0.3, 0.4) is 0 Å². The van der Waals surface area contributed by atoms with Crippen molar-refractivity contribution in [2.24, 2.45) is 5.73 Å². The zero-order valence-corrected chi connectivity index (χ0v) is 12.2. The first-order valence-electron chi connectivity index (χ1n) is 6.20. The first-order valence-corrected chi connectivity index (χ1v) is 6.99. The molecule has 0 radical (unpaired) electrons. The summed E-state index contributed by atoms with van der Waals surface area (Å²) in [7, 11) is 0.